The van der Waals surface area contributed by atoms with Crippen molar-refractivity contribution in [3.63, 3.8) is 0 Å². The molecule has 0 aliphatic rings. The molecular weight excluding hydrogens is 314 g/mol. The normalized spacial score (nSPS) is 11.4. The summed E-state index contributed by atoms with van der Waals surface area (Å²) in [5, 5.41) is 6.04. The fourth-order valence-electron chi connectivity index (χ4n) is 1.71. The third-order valence-corrected chi connectivity index (χ3v) is 5.23. The molecule has 0 saturated carbocycles. The number of nitrogens with one attached hydrogen (secondary N) is 1. The summed E-state index contributed by atoms with van der Waals surface area (Å²) >= 11 is 3.25. The first-order valence-corrected chi connectivity index (χ1v) is 9.17. The van der Waals surface area contributed by atoms with E-state index >= 15 is 0 Å². The van der Waals surface area contributed by atoms with Crippen molar-refractivity contribution < 1.29 is 4.79 Å². The van der Waals surface area contributed by atoms with Crippen LogP contribution in [-0.4, -0.2) is 21.6 Å². The fraction of sp³-hybridized carbons (Fsp3) is 0.438. The Labute approximate surface area is 139 Å². The molecule has 22 heavy (non-hydrogen) atoms. The second kappa shape index (κ2) is 7.74. The number of rotatable bonds is 6. The Morgan fingerprint density at radius 2 is 2.05 bits per heavy atom. The number of thiazole rings is 1. The predicted molar refractivity (Wildman–Crippen MR) is 93.1 cm³/mol. The van der Waals surface area contributed by atoms with Gasteiger partial charge in [-0.1, -0.05) is 20.8 Å². The maximum absolute atomic E-state index is 11.8. The van der Waals surface area contributed by atoms with Crippen molar-refractivity contribution in [2.24, 2.45) is 0 Å². The number of carbonyl (C=O) groups excluding carboxylic acids is 1. The minimum Gasteiger partial charge on any atom is -0.350 e. The lowest BCUT2D eigenvalue weighted by Gasteiger charge is -2.13. The Bertz CT molecular complexity index is 605. The van der Waals surface area contributed by atoms with E-state index in [0.29, 0.717) is 12.3 Å². The molecule has 0 fully saturated rings. The summed E-state index contributed by atoms with van der Waals surface area (Å²) in [5.41, 5.74) is 2.18. The van der Waals surface area contributed by atoms with Crippen LogP contribution < -0.4 is 5.32 Å². The van der Waals surface area contributed by atoms with E-state index < -0.39 is 0 Å². The Morgan fingerprint density at radius 1 is 1.32 bits per heavy atom. The number of hydrogen-bond donors (Lipinski definition) is 1. The highest BCUT2D eigenvalue weighted by Gasteiger charge is 2.17. The lowest BCUT2D eigenvalue weighted by molar-refractivity contribution is -0.118. The Morgan fingerprint density at radius 3 is 2.68 bits per heavy atom. The molecular formula is C16H21N3OS2. The summed E-state index contributed by atoms with van der Waals surface area (Å²) in [4.78, 5) is 20.4. The van der Waals surface area contributed by atoms with Crippen LogP contribution in [0.5, 0.6) is 0 Å². The number of aromatic nitrogens is 2. The summed E-state index contributed by atoms with van der Waals surface area (Å²) in [6.07, 6.45) is 3.54. The molecule has 0 bridgehead atoms. The molecule has 4 nitrogen and oxygen atoms in total. The van der Waals surface area contributed by atoms with Crippen molar-refractivity contribution >= 4 is 29.0 Å². The van der Waals surface area contributed by atoms with Gasteiger partial charge in [0.05, 0.1) is 23.0 Å². The zero-order valence-corrected chi connectivity index (χ0v) is 14.8. The number of amides is 1. The van der Waals surface area contributed by atoms with Gasteiger partial charge in [0.15, 0.2) is 0 Å². The first-order chi connectivity index (χ1) is 10.4. The monoisotopic (exact) mass is 335 g/mol. The summed E-state index contributed by atoms with van der Waals surface area (Å²) in [5.74, 6) is 1.32. The van der Waals surface area contributed by atoms with Gasteiger partial charge in [-0.15, -0.1) is 23.1 Å². The van der Waals surface area contributed by atoms with Crippen molar-refractivity contribution in [3.05, 3.63) is 46.2 Å². The minimum absolute atomic E-state index is 0.0457. The molecule has 6 heteroatoms. The number of pyridine rings is 1. The van der Waals surface area contributed by atoms with E-state index in [1.165, 1.54) is 5.56 Å². The lowest BCUT2D eigenvalue weighted by Crippen LogP contribution is -2.25. The van der Waals surface area contributed by atoms with Crippen molar-refractivity contribution in [1.29, 1.82) is 0 Å². The smallest absolute Gasteiger partial charge is 0.230 e. The molecule has 2 aromatic rings. The highest BCUT2D eigenvalue weighted by molar-refractivity contribution is 7.99. The van der Waals surface area contributed by atoms with Crippen LogP contribution in [0.3, 0.4) is 0 Å². The van der Waals surface area contributed by atoms with Crippen molar-refractivity contribution in [1.82, 2.24) is 15.3 Å². The van der Waals surface area contributed by atoms with Crippen LogP contribution in [0.2, 0.25) is 0 Å². The molecule has 0 aliphatic heterocycles. The largest absolute Gasteiger partial charge is 0.350 e. The van der Waals surface area contributed by atoms with Crippen LogP contribution in [-0.2, 0) is 22.5 Å². The summed E-state index contributed by atoms with van der Waals surface area (Å²) in [7, 11) is 0. The van der Waals surface area contributed by atoms with Crippen LogP contribution in [0.25, 0.3) is 0 Å². The number of thioether (sulfide) groups is 1. The van der Waals surface area contributed by atoms with Crippen LogP contribution in [0.1, 0.15) is 37.0 Å². The van der Waals surface area contributed by atoms with E-state index in [1.807, 2.05) is 17.5 Å². The average molecular weight is 335 g/mol. The Balaban J connectivity index is 1.70. The molecule has 0 spiro atoms. The van der Waals surface area contributed by atoms with Gasteiger partial charge >= 0.3 is 0 Å². The van der Waals surface area contributed by atoms with Gasteiger partial charge in [-0.2, -0.15) is 0 Å². The van der Waals surface area contributed by atoms with Gasteiger partial charge in [-0.25, -0.2) is 4.98 Å². The third-order valence-electron chi connectivity index (χ3n) is 2.91. The van der Waals surface area contributed by atoms with E-state index in [0.717, 1.165) is 16.5 Å². The fourth-order valence-corrected chi connectivity index (χ4v) is 3.44. The first kappa shape index (κ1) is 17.0. The molecule has 0 aromatic carbocycles. The molecule has 0 atom stereocenters. The first-order valence-electron chi connectivity index (χ1n) is 7.13. The molecule has 2 heterocycles. The van der Waals surface area contributed by atoms with Crippen LogP contribution in [0.4, 0.5) is 0 Å². The van der Waals surface area contributed by atoms with E-state index in [1.54, 1.807) is 35.5 Å². The van der Waals surface area contributed by atoms with Crippen molar-refractivity contribution in [2.75, 3.05) is 5.75 Å². The van der Waals surface area contributed by atoms with E-state index in [4.69, 9.17) is 0 Å². The molecule has 118 valence electrons. The molecule has 1 N–H and O–H groups in total. The molecule has 1 amide bonds. The van der Waals surface area contributed by atoms with Gasteiger partial charge in [0.25, 0.3) is 0 Å². The van der Waals surface area contributed by atoms with Crippen molar-refractivity contribution in [2.45, 2.75) is 38.5 Å². The van der Waals surface area contributed by atoms with Crippen LogP contribution >= 0.6 is 23.1 Å². The zero-order chi connectivity index (χ0) is 16.0. The third kappa shape index (κ3) is 5.42. The maximum atomic E-state index is 11.8. The molecule has 0 unspecified atom stereocenters. The quantitative estimate of drug-likeness (QED) is 0.879. The predicted octanol–water partition coefficient (Wildman–Crippen LogP) is 3.39. The van der Waals surface area contributed by atoms with Crippen LogP contribution in [0, 0.1) is 0 Å². The molecule has 0 aliphatic carbocycles. The molecule has 2 aromatic heterocycles. The molecule has 0 radical (unpaired) electrons. The highest BCUT2D eigenvalue weighted by Crippen LogP contribution is 2.25. The SMILES string of the molecule is CC(C)(C)c1nc(CNC(=O)CSCc2ccncc2)cs1. The Kier molecular flexibility index (Phi) is 5.97. The van der Waals surface area contributed by atoms with Gasteiger partial charge in [0.1, 0.15) is 0 Å². The topological polar surface area (TPSA) is 54.9 Å². The lowest BCUT2D eigenvalue weighted by atomic mass is 9.98. The van der Waals surface area contributed by atoms with Gasteiger partial charge < -0.3 is 5.32 Å². The number of hydrogen-bond acceptors (Lipinski definition) is 5. The second-order valence-electron chi connectivity index (χ2n) is 6.02. The number of carbonyl (C=O) groups is 1. The minimum atomic E-state index is 0.0457. The van der Waals surface area contributed by atoms with Gasteiger partial charge in [0.2, 0.25) is 5.91 Å². The van der Waals surface area contributed by atoms with Crippen LogP contribution in [0.15, 0.2) is 29.9 Å². The molecule has 2 rings (SSSR count). The van der Waals surface area contributed by atoms with E-state index in [2.05, 4.69) is 36.1 Å². The highest BCUT2D eigenvalue weighted by atomic mass is 32.2. The van der Waals surface area contributed by atoms with Crippen molar-refractivity contribution in [3.8, 4) is 0 Å². The van der Waals surface area contributed by atoms with Gasteiger partial charge in [-0.3, -0.25) is 9.78 Å². The second-order valence-corrected chi connectivity index (χ2v) is 7.86. The Hall–Kier alpha value is -1.40. The summed E-state index contributed by atoms with van der Waals surface area (Å²) in [6.45, 7) is 6.93. The van der Waals surface area contributed by atoms with Gasteiger partial charge in [-0.05, 0) is 17.7 Å². The summed E-state index contributed by atoms with van der Waals surface area (Å²) < 4.78 is 0. The standard InChI is InChI=1S/C16H21N3OS2/c1-16(2,3)15-19-13(10-22-15)8-18-14(20)11-21-9-12-4-6-17-7-5-12/h4-7,10H,8-9,11H2,1-3H3,(H,18,20). The zero-order valence-electron chi connectivity index (χ0n) is 13.1. The van der Waals surface area contributed by atoms with Gasteiger partial charge in [0, 0.05) is 28.9 Å². The maximum Gasteiger partial charge on any atom is 0.230 e. The van der Waals surface area contributed by atoms with E-state index in [-0.39, 0.29) is 11.3 Å². The average Bonchev–Trinajstić information content (AvgIpc) is 2.95. The summed E-state index contributed by atoms with van der Waals surface area (Å²) in [6, 6.07) is 3.93. The van der Waals surface area contributed by atoms with E-state index in [9.17, 15) is 4.79 Å². The number of nitrogens with zero attached hydrogens (tertiary/aromatic N) is 2. The molecule has 0 saturated heterocycles.